The number of carbonyl (C=O) groups excluding carboxylic acids is 1. The van der Waals surface area contributed by atoms with Gasteiger partial charge in [0.05, 0.1) is 17.2 Å². The number of fused-ring (bicyclic) bond motifs is 2. The number of anilines is 1. The summed E-state index contributed by atoms with van der Waals surface area (Å²) in [6.07, 6.45) is 1.74. The number of amides is 1. The lowest BCUT2D eigenvalue weighted by Gasteiger charge is -2.06. The van der Waals surface area contributed by atoms with Crippen molar-refractivity contribution in [2.45, 2.75) is 0 Å². The Kier molecular flexibility index (Phi) is 2.83. The van der Waals surface area contributed by atoms with Crippen LogP contribution in [0.3, 0.4) is 0 Å². The molecule has 2 heterocycles. The minimum absolute atomic E-state index is 0.232. The fourth-order valence-electron chi connectivity index (χ4n) is 2.40. The molecule has 0 atom stereocenters. The van der Waals surface area contributed by atoms with Crippen LogP contribution in [0.25, 0.3) is 21.8 Å². The molecule has 0 aliphatic heterocycles. The summed E-state index contributed by atoms with van der Waals surface area (Å²) in [4.78, 5) is 16.7. The lowest BCUT2D eigenvalue weighted by Crippen LogP contribution is -2.13. The smallest absolute Gasteiger partial charge is 0.274 e. The molecular formula is C17H12N4O. The second-order valence-corrected chi connectivity index (χ2v) is 5.02. The largest absolute Gasteiger partial charge is 0.321 e. The van der Waals surface area contributed by atoms with E-state index in [-0.39, 0.29) is 5.91 Å². The number of nitrogens with one attached hydrogen (secondary N) is 2. The van der Waals surface area contributed by atoms with Crippen molar-refractivity contribution in [1.82, 2.24) is 15.2 Å². The molecule has 106 valence electrons. The zero-order valence-electron chi connectivity index (χ0n) is 11.6. The van der Waals surface area contributed by atoms with Crippen molar-refractivity contribution in [2.24, 2.45) is 0 Å². The normalized spacial score (nSPS) is 10.9. The molecule has 5 heteroatoms. The molecule has 0 bridgehead atoms. The van der Waals surface area contributed by atoms with Crippen molar-refractivity contribution in [2.75, 3.05) is 5.32 Å². The number of aromatic nitrogens is 3. The summed E-state index contributed by atoms with van der Waals surface area (Å²) < 4.78 is 0. The van der Waals surface area contributed by atoms with Gasteiger partial charge in [0.2, 0.25) is 0 Å². The monoisotopic (exact) mass is 288 g/mol. The van der Waals surface area contributed by atoms with Gasteiger partial charge in [-0.25, -0.2) is 4.98 Å². The van der Waals surface area contributed by atoms with E-state index in [0.717, 1.165) is 21.8 Å². The van der Waals surface area contributed by atoms with Crippen molar-refractivity contribution < 1.29 is 4.79 Å². The highest BCUT2D eigenvalue weighted by Gasteiger charge is 2.09. The summed E-state index contributed by atoms with van der Waals surface area (Å²) in [5, 5.41) is 11.7. The molecule has 0 spiro atoms. The maximum absolute atomic E-state index is 12.3. The van der Waals surface area contributed by atoms with Gasteiger partial charge in [0.25, 0.3) is 5.91 Å². The lowest BCUT2D eigenvalue weighted by atomic mass is 10.2. The van der Waals surface area contributed by atoms with Crippen LogP contribution in [0.4, 0.5) is 5.69 Å². The number of carbonyl (C=O) groups is 1. The van der Waals surface area contributed by atoms with Crippen LogP contribution in [0.5, 0.6) is 0 Å². The van der Waals surface area contributed by atoms with E-state index >= 15 is 0 Å². The summed E-state index contributed by atoms with van der Waals surface area (Å²) in [5.74, 6) is -0.232. The van der Waals surface area contributed by atoms with Crippen molar-refractivity contribution in [1.29, 1.82) is 0 Å². The fourth-order valence-corrected chi connectivity index (χ4v) is 2.40. The second kappa shape index (κ2) is 4.96. The molecule has 0 fully saturated rings. The molecule has 2 N–H and O–H groups in total. The van der Waals surface area contributed by atoms with E-state index in [1.807, 2.05) is 48.5 Å². The topological polar surface area (TPSA) is 70.7 Å². The van der Waals surface area contributed by atoms with Crippen LogP contribution in [-0.4, -0.2) is 21.1 Å². The molecule has 0 unspecified atom stereocenters. The first kappa shape index (κ1) is 12.5. The summed E-state index contributed by atoms with van der Waals surface area (Å²) in [6, 6.07) is 16.9. The Bertz CT molecular complexity index is 990. The number of benzene rings is 2. The average molecular weight is 288 g/mol. The summed E-state index contributed by atoms with van der Waals surface area (Å²) in [7, 11) is 0. The van der Waals surface area contributed by atoms with Crippen molar-refractivity contribution in [3.8, 4) is 0 Å². The van der Waals surface area contributed by atoms with Crippen LogP contribution >= 0.6 is 0 Å². The number of aromatic amines is 1. The zero-order chi connectivity index (χ0) is 14.9. The van der Waals surface area contributed by atoms with Crippen molar-refractivity contribution in [3.05, 3.63) is 66.5 Å². The molecule has 0 aliphatic carbocycles. The van der Waals surface area contributed by atoms with E-state index < -0.39 is 0 Å². The minimum Gasteiger partial charge on any atom is -0.321 e. The second-order valence-electron chi connectivity index (χ2n) is 5.02. The van der Waals surface area contributed by atoms with Crippen LogP contribution < -0.4 is 5.32 Å². The first-order valence-electron chi connectivity index (χ1n) is 6.90. The Morgan fingerprint density at radius 3 is 2.82 bits per heavy atom. The van der Waals surface area contributed by atoms with E-state index in [2.05, 4.69) is 20.5 Å². The predicted molar refractivity (Wildman–Crippen MR) is 85.8 cm³/mol. The third-order valence-corrected chi connectivity index (χ3v) is 3.53. The molecule has 2 aromatic heterocycles. The van der Waals surface area contributed by atoms with E-state index in [1.54, 1.807) is 12.3 Å². The van der Waals surface area contributed by atoms with Crippen LogP contribution in [0.15, 0.2) is 60.8 Å². The highest BCUT2D eigenvalue weighted by Crippen LogP contribution is 2.18. The molecule has 22 heavy (non-hydrogen) atoms. The van der Waals surface area contributed by atoms with Crippen LogP contribution in [0, 0.1) is 0 Å². The number of para-hydroxylation sites is 1. The molecular weight excluding hydrogens is 276 g/mol. The van der Waals surface area contributed by atoms with Gasteiger partial charge in [-0.15, -0.1) is 0 Å². The molecule has 0 saturated carbocycles. The SMILES string of the molecule is O=C(Nc1ccc2cn[nH]c2c1)c1ccc2ccccc2n1. The van der Waals surface area contributed by atoms with Gasteiger partial charge >= 0.3 is 0 Å². The number of hydrogen-bond acceptors (Lipinski definition) is 3. The molecule has 2 aromatic carbocycles. The molecule has 1 amide bonds. The molecule has 4 aromatic rings. The number of H-pyrrole nitrogens is 1. The lowest BCUT2D eigenvalue weighted by molar-refractivity contribution is 0.102. The number of hydrogen-bond donors (Lipinski definition) is 2. The Hall–Kier alpha value is -3.21. The van der Waals surface area contributed by atoms with Gasteiger partial charge in [-0.2, -0.15) is 5.10 Å². The van der Waals surface area contributed by atoms with E-state index in [1.165, 1.54) is 0 Å². The maximum atomic E-state index is 12.3. The Morgan fingerprint density at radius 2 is 1.86 bits per heavy atom. The number of rotatable bonds is 2. The highest BCUT2D eigenvalue weighted by molar-refractivity contribution is 6.04. The predicted octanol–water partition coefficient (Wildman–Crippen LogP) is 3.36. The van der Waals surface area contributed by atoms with Crippen molar-refractivity contribution in [3.63, 3.8) is 0 Å². The quantitative estimate of drug-likeness (QED) is 0.594. The molecule has 4 rings (SSSR count). The Labute approximate surface area is 126 Å². The van der Waals surface area contributed by atoms with Crippen LogP contribution in [-0.2, 0) is 0 Å². The van der Waals surface area contributed by atoms with E-state index in [9.17, 15) is 4.79 Å². The van der Waals surface area contributed by atoms with Crippen molar-refractivity contribution >= 4 is 33.4 Å². The third kappa shape index (κ3) is 2.18. The highest BCUT2D eigenvalue weighted by atomic mass is 16.1. The van der Waals surface area contributed by atoms with Gasteiger partial charge in [-0.3, -0.25) is 9.89 Å². The number of pyridine rings is 1. The zero-order valence-corrected chi connectivity index (χ0v) is 11.6. The van der Waals surface area contributed by atoms with Gasteiger partial charge in [-0.05, 0) is 30.3 Å². The third-order valence-electron chi connectivity index (χ3n) is 3.53. The van der Waals surface area contributed by atoms with E-state index in [4.69, 9.17) is 0 Å². The summed E-state index contributed by atoms with van der Waals surface area (Å²) >= 11 is 0. The first-order chi connectivity index (χ1) is 10.8. The average Bonchev–Trinajstić information content (AvgIpc) is 3.02. The summed E-state index contributed by atoms with van der Waals surface area (Å²) in [5.41, 5.74) is 2.78. The Morgan fingerprint density at radius 1 is 1.00 bits per heavy atom. The molecule has 5 nitrogen and oxygen atoms in total. The van der Waals surface area contributed by atoms with Gasteiger partial charge in [0.15, 0.2) is 0 Å². The Balaban J connectivity index is 1.64. The maximum Gasteiger partial charge on any atom is 0.274 e. The minimum atomic E-state index is -0.232. The number of nitrogens with zero attached hydrogens (tertiary/aromatic N) is 2. The van der Waals surface area contributed by atoms with E-state index in [0.29, 0.717) is 11.4 Å². The molecule has 0 saturated heterocycles. The first-order valence-corrected chi connectivity index (χ1v) is 6.90. The fraction of sp³-hybridized carbons (Fsp3) is 0. The summed E-state index contributed by atoms with van der Waals surface area (Å²) in [6.45, 7) is 0. The van der Waals surface area contributed by atoms with Crippen LogP contribution in [0.2, 0.25) is 0 Å². The standard InChI is InChI=1S/C17H12N4O/c22-17(15-8-6-11-3-1-2-4-14(11)20-15)19-13-7-5-12-10-18-21-16(12)9-13/h1-10H,(H,18,21)(H,19,22). The van der Waals surface area contributed by atoms with Gasteiger partial charge in [-0.1, -0.05) is 24.3 Å². The van der Waals surface area contributed by atoms with Gasteiger partial charge in [0, 0.05) is 16.5 Å². The van der Waals surface area contributed by atoms with Gasteiger partial charge in [0.1, 0.15) is 5.69 Å². The van der Waals surface area contributed by atoms with Crippen LogP contribution in [0.1, 0.15) is 10.5 Å². The van der Waals surface area contributed by atoms with Gasteiger partial charge < -0.3 is 5.32 Å². The molecule has 0 aliphatic rings. The molecule has 0 radical (unpaired) electrons.